The molecule has 2 rings (SSSR count). The summed E-state index contributed by atoms with van der Waals surface area (Å²) in [5.41, 5.74) is 1.53. The number of rotatable bonds is 8. The van der Waals surface area contributed by atoms with Gasteiger partial charge < -0.3 is 19.7 Å². The lowest BCUT2D eigenvalue weighted by atomic mass is 10.1. The minimum atomic E-state index is -0.135. The minimum absolute atomic E-state index is 0.0409. The molecule has 138 valence electrons. The molecule has 0 aliphatic rings. The van der Waals surface area contributed by atoms with Crippen LogP contribution in [0.2, 0.25) is 0 Å². The molecule has 0 radical (unpaired) electrons. The Balaban J connectivity index is 1.84. The van der Waals surface area contributed by atoms with Crippen LogP contribution in [0.3, 0.4) is 0 Å². The first-order valence-electron chi connectivity index (χ1n) is 8.44. The zero-order valence-corrected chi connectivity index (χ0v) is 15.3. The van der Waals surface area contributed by atoms with Crippen LogP contribution in [0.15, 0.2) is 48.5 Å². The molecular formula is C20H24N2O4. The number of hydrogen-bond acceptors (Lipinski definition) is 4. The fraction of sp³-hybridized carbons (Fsp3) is 0.300. The van der Waals surface area contributed by atoms with Crippen LogP contribution in [-0.4, -0.2) is 44.0 Å². The predicted octanol–water partition coefficient (Wildman–Crippen LogP) is 2.48. The second kappa shape index (κ2) is 9.46. The van der Waals surface area contributed by atoms with Crippen molar-refractivity contribution < 1.29 is 19.1 Å². The standard InChI is InChI=1S/C20H24N2O4/c1-4-25-17-9-11-18(12-10-17)26-14-19(23)22(3)13-15-5-7-16(8-6-15)20(24)21-2/h5-12H,4,13-14H2,1-3H3,(H,21,24). The van der Waals surface area contributed by atoms with E-state index in [0.29, 0.717) is 24.5 Å². The van der Waals surface area contributed by atoms with Crippen molar-refractivity contribution in [1.29, 1.82) is 0 Å². The highest BCUT2D eigenvalue weighted by Crippen LogP contribution is 2.17. The molecule has 6 heteroatoms. The van der Waals surface area contributed by atoms with Crippen molar-refractivity contribution in [1.82, 2.24) is 10.2 Å². The molecule has 0 atom stereocenters. The third kappa shape index (κ3) is 5.51. The number of nitrogens with zero attached hydrogens (tertiary/aromatic N) is 1. The molecule has 6 nitrogen and oxygen atoms in total. The number of benzene rings is 2. The van der Waals surface area contributed by atoms with E-state index >= 15 is 0 Å². The summed E-state index contributed by atoms with van der Waals surface area (Å²) in [5.74, 6) is 1.12. The largest absolute Gasteiger partial charge is 0.494 e. The predicted molar refractivity (Wildman–Crippen MR) is 99.4 cm³/mol. The topological polar surface area (TPSA) is 67.9 Å². The highest BCUT2D eigenvalue weighted by molar-refractivity contribution is 5.93. The Bertz CT molecular complexity index is 726. The van der Waals surface area contributed by atoms with Crippen LogP contribution in [0.4, 0.5) is 0 Å². The van der Waals surface area contributed by atoms with Gasteiger partial charge in [-0.15, -0.1) is 0 Å². The van der Waals surface area contributed by atoms with Crippen molar-refractivity contribution in [2.75, 3.05) is 27.3 Å². The minimum Gasteiger partial charge on any atom is -0.494 e. The van der Waals surface area contributed by atoms with E-state index < -0.39 is 0 Å². The average Bonchev–Trinajstić information content (AvgIpc) is 2.67. The van der Waals surface area contributed by atoms with E-state index in [-0.39, 0.29) is 18.4 Å². The number of hydrogen-bond donors (Lipinski definition) is 1. The van der Waals surface area contributed by atoms with E-state index in [9.17, 15) is 9.59 Å². The molecule has 2 amide bonds. The molecule has 0 bridgehead atoms. The monoisotopic (exact) mass is 356 g/mol. The maximum Gasteiger partial charge on any atom is 0.260 e. The molecule has 0 aromatic heterocycles. The number of carbonyl (C=O) groups is 2. The highest BCUT2D eigenvalue weighted by Gasteiger charge is 2.11. The summed E-state index contributed by atoms with van der Waals surface area (Å²) in [4.78, 5) is 25.3. The first-order chi connectivity index (χ1) is 12.5. The van der Waals surface area contributed by atoms with Gasteiger partial charge >= 0.3 is 0 Å². The van der Waals surface area contributed by atoms with E-state index in [1.54, 1.807) is 55.4 Å². The second-order valence-electron chi connectivity index (χ2n) is 5.72. The highest BCUT2D eigenvalue weighted by atomic mass is 16.5. The van der Waals surface area contributed by atoms with Crippen molar-refractivity contribution in [3.63, 3.8) is 0 Å². The first-order valence-corrected chi connectivity index (χ1v) is 8.44. The smallest absolute Gasteiger partial charge is 0.260 e. The van der Waals surface area contributed by atoms with Crippen LogP contribution in [-0.2, 0) is 11.3 Å². The van der Waals surface area contributed by atoms with Crippen LogP contribution in [0.5, 0.6) is 11.5 Å². The van der Waals surface area contributed by atoms with Crippen LogP contribution < -0.4 is 14.8 Å². The van der Waals surface area contributed by atoms with Gasteiger partial charge in [-0.05, 0) is 48.9 Å². The van der Waals surface area contributed by atoms with Crippen LogP contribution in [0, 0.1) is 0 Å². The molecule has 0 heterocycles. The van der Waals surface area contributed by atoms with Crippen LogP contribution in [0.25, 0.3) is 0 Å². The fourth-order valence-corrected chi connectivity index (χ4v) is 2.32. The summed E-state index contributed by atoms with van der Waals surface area (Å²) < 4.78 is 10.9. The third-order valence-corrected chi connectivity index (χ3v) is 3.79. The summed E-state index contributed by atoms with van der Waals surface area (Å²) in [6.07, 6.45) is 0. The molecule has 0 spiro atoms. The Morgan fingerprint density at radius 2 is 1.54 bits per heavy atom. The Hall–Kier alpha value is -3.02. The third-order valence-electron chi connectivity index (χ3n) is 3.79. The van der Waals surface area contributed by atoms with Crippen molar-refractivity contribution in [2.45, 2.75) is 13.5 Å². The molecule has 0 saturated heterocycles. The molecule has 0 saturated carbocycles. The van der Waals surface area contributed by atoms with Gasteiger partial charge in [-0.3, -0.25) is 9.59 Å². The molecule has 0 aliphatic carbocycles. The van der Waals surface area contributed by atoms with Crippen LogP contribution >= 0.6 is 0 Å². The summed E-state index contributed by atoms with van der Waals surface area (Å²) in [6.45, 7) is 2.93. The Morgan fingerprint density at radius 3 is 2.08 bits per heavy atom. The van der Waals surface area contributed by atoms with Gasteiger partial charge in [0.25, 0.3) is 11.8 Å². The van der Waals surface area contributed by atoms with Gasteiger partial charge in [-0.2, -0.15) is 0 Å². The normalized spacial score (nSPS) is 10.1. The fourth-order valence-electron chi connectivity index (χ4n) is 2.32. The van der Waals surface area contributed by atoms with Gasteiger partial charge in [0.1, 0.15) is 11.5 Å². The van der Waals surface area contributed by atoms with Crippen molar-refractivity contribution >= 4 is 11.8 Å². The Kier molecular flexibility index (Phi) is 7.02. The number of amides is 2. The maximum atomic E-state index is 12.2. The molecule has 0 aliphatic heterocycles. The van der Waals surface area contributed by atoms with Crippen molar-refractivity contribution in [3.8, 4) is 11.5 Å². The molecular weight excluding hydrogens is 332 g/mol. The lowest BCUT2D eigenvalue weighted by molar-refractivity contribution is -0.132. The zero-order valence-electron chi connectivity index (χ0n) is 15.3. The number of ether oxygens (including phenoxy) is 2. The molecule has 26 heavy (non-hydrogen) atoms. The quantitative estimate of drug-likeness (QED) is 0.789. The van der Waals surface area contributed by atoms with Gasteiger partial charge in [-0.25, -0.2) is 0 Å². The Labute approximate surface area is 153 Å². The summed E-state index contributed by atoms with van der Waals surface area (Å²) in [5, 5.41) is 2.57. The first kappa shape index (κ1) is 19.3. The summed E-state index contributed by atoms with van der Waals surface area (Å²) >= 11 is 0. The molecule has 0 fully saturated rings. The van der Waals surface area contributed by atoms with Crippen molar-refractivity contribution in [3.05, 3.63) is 59.7 Å². The average molecular weight is 356 g/mol. The van der Waals surface area contributed by atoms with E-state index in [2.05, 4.69) is 5.32 Å². The molecule has 2 aromatic carbocycles. The lowest BCUT2D eigenvalue weighted by Crippen LogP contribution is -2.31. The summed E-state index contributed by atoms with van der Waals surface area (Å²) in [6, 6.07) is 14.3. The van der Waals surface area contributed by atoms with Gasteiger partial charge in [0.15, 0.2) is 6.61 Å². The Morgan fingerprint density at radius 1 is 0.962 bits per heavy atom. The van der Waals surface area contributed by atoms with Gasteiger partial charge in [0.05, 0.1) is 6.61 Å². The SMILES string of the molecule is CCOc1ccc(OCC(=O)N(C)Cc2ccc(C(=O)NC)cc2)cc1. The van der Waals surface area contributed by atoms with Gasteiger partial charge in [0, 0.05) is 26.2 Å². The van der Waals surface area contributed by atoms with E-state index in [1.807, 2.05) is 19.1 Å². The van der Waals surface area contributed by atoms with E-state index in [1.165, 1.54) is 0 Å². The van der Waals surface area contributed by atoms with Crippen LogP contribution in [0.1, 0.15) is 22.8 Å². The van der Waals surface area contributed by atoms with E-state index in [0.717, 1.165) is 11.3 Å². The maximum absolute atomic E-state index is 12.2. The van der Waals surface area contributed by atoms with Crippen molar-refractivity contribution in [2.24, 2.45) is 0 Å². The molecule has 0 unspecified atom stereocenters. The van der Waals surface area contributed by atoms with Gasteiger partial charge in [-0.1, -0.05) is 12.1 Å². The molecule has 2 aromatic rings. The lowest BCUT2D eigenvalue weighted by Gasteiger charge is -2.18. The number of nitrogens with one attached hydrogen (secondary N) is 1. The number of carbonyl (C=O) groups excluding carboxylic acids is 2. The van der Waals surface area contributed by atoms with Gasteiger partial charge in [0.2, 0.25) is 0 Å². The van der Waals surface area contributed by atoms with E-state index in [4.69, 9.17) is 9.47 Å². The zero-order chi connectivity index (χ0) is 18.9. The number of likely N-dealkylation sites (N-methyl/N-ethyl adjacent to an activating group) is 1. The second-order valence-corrected chi connectivity index (χ2v) is 5.72. The molecule has 1 N–H and O–H groups in total. The summed E-state index contributed by atoms with van der Waals surface area (Å²) in [7, 11) is 3.31.